The van der Waals surface area contributed by atoms with Crippen molar-refractivity contribution in [2.24, 2.45) is 5.10 Å². The highest BCUT2D eigenvalue weighted by Gasteiger charge is 2.32. The third kappa shape index (κ3) is 8.46. The number of para-hydroxylation sites is 1. The zero-order valence-electron chi connectivity index (χ0n) is 23.8. The van der Waals surface area contributed by atoms with Crippen molar-refractivity contribution in [1.29, 1.82) is 0 Å². The number of benzene rings is 3. The average molecular weight is 623 g/mol. The molecule has 0 unspecified atom stereocenters. The van der Waals surface area contributed by atoms with Gasteiger partial charge in [-0.15, -0.1) is 0 Å². The topological polar surface area (TPSA) is 120 Å². The number of methoxy groups -OCH3 is 1. The fourth-order valence-corrected chi connectivity index (χ4v) is 4.77. The quantitative estimate of drug-likeness (QED) is 0.113. The molecule has 3 N–H and O–H groups in total. The summed E-state index contributed by atoms with van der Waals surface area (Å²) in [6.07, 6.45) is 1.48. The van der Waals surface area contributed by atoms with E-state index < -0.39 is 17.9 Å². The third-order valence-corrected chi connectivity index (χ3v) is 6.68. The number of allylic oxidation sites excluding steroid dienone is 1. The second-order valence-electron chi connectivity index (χ2n) is 9.24. The summed E-state index contributed by atoms with van der Waals surface area (Å²) in [5.74, 6) is 0.500. The van der Waals surface area contributed by atoms with Crippen LogP contribution in [0, 0.1) is 0 Å². The summed E-state index contributed by atoms with van der Waals surface area (Å²) in [6, 6.07) is 19.1. The number of thiocarbonyl (C=S) groups is 1. The Kier molecular flexibility index (Phi) is 11.0. The van der Waals surface area contributed by atoms with Gasteiger partial charge in [0.15, 0.2) is 23.2 Å². The number of hydrogen-bond donors (Lipinski definition) is 3. The molecule has 1 heterocycles. The van der Waals surface area contributed by atoms with Crippen molar-refractivity contribution in [2.45, 2.75) is 26.5 Å². The molecule has 0 spiro atoms. The number of carbonyl (C=O) groups excluding carboxylic acids is 2. The molecular weight excluding hydrogens is 592 g/mol. The zero-order valence-corrected chi connectivity index (χ0v) is 25.4. The lowest BCUT2D eigenvalue weighted by Gasteiger charge is -2.30. The number of esters is 1. The van der Waals surface area contributed by atoms with Crippen LogP contribution in [0.3, 0.4) is 0 Å². The van der Waals surface area contributed by atoms with Gasteiger partial charge in [0.1, 0.15) is 12.4 Å². The van der Waals surface area contributed by atoms with Crippen LogP contribution < -0.4 is 30.3 Å². The molecule has 43 heavy (non-hydrogen) atoms. The Hall–Kier alpha value is -4.61. The van der Waals surface area contributed by atoms with Crippen LogP contribution in [0.2, 0.25) is 5.02 Å². The Bertz CT molecular complexity index is 1560. The molecule has 1 aliphatic heterocycles. The highest BCUT2D eigenvalue weighted by molar-refractivity contribution is 7.80. The van der Waals surface area contributed by atoms with Gasteiger partial charge in [-0.3, -0.25) is 4.79 Å². The summed E-state index contributed by atoms with van der Waals surface area (Å²) in [6.45, 7) is 3.71. The van der Waals surface area contributed by atoms with Crippen LogP contribution in [0.25, 0.3) is 0 Å². The fourth-order valence-electron chi connectivity index (χ4n) is 4.28. The van der Waals surface area contributed by atoms with Gasteiger partial charge in [0, 0.05) is 16.3 Å². The number of ether oxygens (including phenoxy) is 4. The molecule has 1 aliphatic rings. The largest absolute Gasteiger partial charge is 0.493 e. The van der Waals surface area contributed by atoms with E-state index in [9.17, 15) is 9.59 Å². The molecule has 3 aromatic rings. The van der Waals surface area contributed by atoms with Crippen LogP contribution in [0.15, 0.2) is 83.1 Å². The normalized spacial score (nSPS) is 14.5. The summed E-state index contributed by atoms with van der Waals surface area (Å²) in [5, 5.41) is 11.1. The van der Waals surface area contributed by atoms with Crippen LogP contribution in [-0.2, 0) is 20.9 Å². The molecule has 0 bridgehead atoms. The van der Waals surface area contributed by atoms with Gasteiger partial charge in [0.05, 0.1) is 31.5 Å². The van der Waals surface area contributed by atoms with Crippen LogP contribution in [0.1, 0.15) is 36.6 Å². The zero-order chi connectivity index (χ0) is 30.8. The van der Waals surface area contributed by atoms with Gasteiger partial charge >= 0.3 is 5.97 Å². The van der Waals surface area contributed by atoms with Gasteiger partial charge in [-0.25, -0.2) is 10.2 Å². The van der Waals surface area contributed by atoms with E-state index in [-0.39, 0.29) is 13.2 Å². The first-order valence-corrected chi connectivity index (χ1v) is 14.1. The van der Waals surface area contributed by atoms with Gasteiger partial charge < -0.3 is 29.6 Å². The van der Waals surface area contributed by atoms with E-state index in [4.69, 9.17) is 42.8 Å². The summed E-state index contributed by atoms with van der Waals surface area (Å²) in [7, 11) is 1.54. The number of amides is 1. The maximum Gasteiger partial charge on any atom is 0.338 e. The molecule has 0 saturated carbocycles. The fraction of sp³-hybridized carbons (Fsp3) is 0.226. The SMILES string of the molecule is CCOC(=O)C1=C(C)NC(=S)N[C@@H]1c1ccccc1OCC(=O)NN=Cc1ccc(OCc2cccc(Cl)c2)c(OC)c1. The number of hydrogen-bond acceptors (Lipinski definition) is 8. The second-order valence-corrected chi connectivity index (χ2v) is 10.1. The van der Waals surface area contributed by atoms with Gasteiger partial charge in [-0.1, -0.05) is 41.9 Å². The van der Waals surface area contributed by atoms with Crippen LogP contribution in [0.5, 0.6) is 17.2 Å². The maximum absolute atomic E-state index is 12.7. The highest BCUT2D eigenvalue weighted by Crippen LogP contribution is 2.33. The summed E-state index contributed by atoms with van der Waals surface area (Å²) < 4.78 is 22.4. The molecule has 1 amide bonds. The van der Waals surface area contributed by atoms with Crippen LogP contribution in [-0.4, -0.2) is 43.5 Å². The summed E-state index contributed by atoms with van der Waals surface area (Å²) in [4.78, 5) is 25.3. The van der Waals surface area contributed by atoms with Gasteiger partial charge in [-0.05, 0) is 73.6 Å². The van der Waals surface area contributed by atoms with E-state index in [2.05, 4.69) is 21.2 Å². The van der Waals surface area contributed by atoms with E-state index in [1.165, 1.54) is 6.21 Å². The third-order valence-electron chi connectivity index (χ3n) is 6.23. The van der Waals surface area contributed by atoms with Crippen molar-refractivity contribution < 1.29 is 28.5 Å². The first-order valence-electron chi connectivity index (χ1n) is 13.3. The number of rotatable bonds is 12. The maximum atomic E-state index is 12.7. The predicted octanol–water partition coefficient (Wildman–Crippen LogP) is 4.81. The number of hydrazone groups is 1. The minimum absolute atomic E-state index is 0.223. The molecule has 1 atom stereocenters. The van der Waals surface area contributed by atoms with Gasteiger partial charge in [-0.2, -0.15) is 5.10 Å². The lowest BCUT2D eigenvalue weighted by atomic mass is 9.95. The Morgan fingerprint density at radius 3 is 2.63 bits per heavy atom. The average Bonchev–Trinajstić information content (AvgIpc) is 2.99. The first-order chi connectivity index (χ1) is 20.8. The van der Waals surface area contributed by atoms with Crippen LogP contribution in [0.4, 0.5) is 0 Å². The number of nitrogens with zero attached hydrogens (tertiary/aromatic N) is 1. The molecule has 0 aliphatic carbocycles. The minimum atomic E-state index is -0.627. The highest BCUT2D eigenvalue weighted by atomic mass is 35.5. The molecule has 10 nitrogen and oxygen atoms in total. The first kappa shape index (κ1) is 31.3. The van der Waals surface area contributed by atoms with Crippen molar-refractivity contribution in [3.05, 3.63) is 99.7 Å². The molecule has 4 rings (SSSR count). The van der Waals surface area contributed by atoms with Crippen molar-refractivity contribution in [2.75, 3.05) is 20.3 Å². The monoisotopic (exact) mass is 622 g/mol. The number of nitrogens with one attached hydrogen (secondary N) is 3. The lowest BCUT2D eigenvalue weighted by Crippen LogP contribution is -2.45. The molecular formula is C31H31ClN4O6S. The Morgan fingerprint density at radius 1 is 1.05 bits per heavy atom. The predicted molar refractivity (Wildman–Crippen MR) is 167 cm³/mol. The van der Waals surface area contributed by atoms with E-state index >= 15 is 0 Å². The number of halogens is 1. The van der Waals surface area contributed by atoms with Crippen molar-refractivity contribution in [1.82, 2.24) is 16.1 Å². The second kappa shape index (κ2) is 15.0. The molecule has 0 fully saturated rings. The van der Waals surface area contributed by atoms with E-state index in [1.54, 1.807) is 69.5 Å². The Labute approximate surface area is 260 Å². The van der Waals surface area contributed by atoms with Gasteiger partial charge in [0.2, 0.25) is 0 Å². The van der Waals surface area contributed by atoms with Crippen molar-refractivity contribution >= 4 is 47.0 Å². The van der Waals surface area contributed by atoms with E-state index in [0.717, 1.165) is 5.56 Å². The van der Waals surface area contributed by atoms with E-state index in [0.29, 0.717) is 56.4 Å². The molecule has 224 valence electrons. The summed E-state index contributed by atoms with van der Waals surface area (Å²) in [5.41, 5.74) is 5.63. The van der Waals surface area contributed by atoms with Crippen molar-refractivity contribution in [3.63, 3.8) is 0 Å². The lowest BCUT2D eigenvalue weighted by molar-refractivity contribution is -0.139. The Balaban J connectivity index is 1.37. The van der Waals surface area contributed by atoms with E-state index in [1.807, 2.05) is 18.2 Å². The molecule has 0 aromatic heterocycles. The minimum Gasteiger partial charge on any atom is -0.493 e. The molecule has 0 radical (unpaired) electrons. The summed E-state index contributed by atoms with van der Waals surface area (Å²) >= 11 is 11.4. The number of carbonyl (C=O) groups is 2. The molecule has 0 saturated heterocycles. The smallest absolute Gasteiger partial charge is 0.338 e. The molecule has 12 heteroatoms. The van der Waals surface area contributed by atoms with Gasteiger partial charge in [0.25, 0.3) is 5.91 Å². The van der Waals surface area contributed by atoms with Crippen LogP contribution >= 0.6 is 23.8 Å². The van der Waals surface area contributed by atoms with Crippen molar-refractivity contribution in [3.8, 4) is 17.2 Å². The molecule has 3 aromatic carbocycles. The standard InChI is InChI=1S/C31H31ClN4O6S/c1-4-40-30(38)28-19(2)34-31(43)35-29(28)23-10-5-6-11-24(23)42-18-27(37)36-33-16-20-12-13-25(26(15-20)39-3)41-17-21-8-7-9-22(32)14-21/h5-16,29H,4,17-18H2,1-3H3,(H,36,37)(H2,34,35,43)/t29-/m1/s1. The Morgan fingerprint density at radius 2 is 1.86 bits per heavy atom.